The van der Waals surface area contributed by atoms with Crippen molar-refractivity contribution in [3.8, 4) is 0 Å². The van der Waals surface area contributed by atoms with Crippen LogP contribution >= 0.6 is 0 Å². The first-order valence-corrected chi connectivity index (χ1v) is 7.03. The fourth-order valence-corrected chi connectivity index (χ4v) is 0.511. The Hall–Kier alpha value is -1.14. The number of hydrogen-bond donors (Lipinski definition) is 2. The van der Waals surface area contributed by atoms with E-state index in [9.17, 15) is 0 Å². The molecule has 4 N–H and O–H groups in total. The van der Waals surface area contributed by atoms with E-state index in [-0.39, 0.29) is 7.58 Å². The smallest absolute Gasteiger partial charge is 0.129 e. The van der Waals surface area contributed by atoms with E-state index in [0.717, 1.165) is 12.8 Å². The molecule has 0 radical (unpaired) electrons. The van der Waals surface area contributed by atoms with Crippen LogP contribution in [0.4, 0.5) is 0 Å². The van der Waals surface area contributed by atoms with Crippen molar-refractivity contribution in [2.24, 2.45) is 0 Å². The molecule has 21 heavy (non-hydrogen) atoms. The Morgan fingerprint density at radius 2 is 1.67 bits per heavy atom. The molecule has 0 atom stereocenters. The summed E-state index contributed by atoms with van der Waals surface area (Å²) in [5, 5.41) is 7.90. The monoisotopic (exact) mass is 307 g/mol. The second-order valence-corrected chi connectivity index (χ2v) is 4.42. The molecule has 5 heteroatoms. The van der Waals surface area contributed by atoms with Crippen molar-refractivity contribution in [2.45, 2.75) is 60.0 Å². The molecule has 0 fully saturated rings. The Morgan fingerprint density at radius 3 is 2.05 bits per heavy atom. The molecule has 0 saturated carbocycles. The van der Waals surface area contributed by atoms with Crippen molar-refractivity contribution in [3.05, 3.63) is 37.1 Å². The number of allylic oxidation sites excluding steroid dienone is 4. The summed E-state index contributed by atoms with van der Waals surface area (Å²) in [6.45, 7) is 15.6. The average Bonchev–Trinajstić information content (AvgIpc) is 2.44. The fraction of sp³-hybridized carbons (Fsp3) is 0.625. The van der Waals surface area contributed by atoms with Crippen LogP contribution in [0.3, 0.4) is 0 Å². The van der Waals surface area contributed by atoms with Crippen LogP contribution in [0.1, 0.15) is 55.8 Å². The lowest BCUT2D eigenvalue weighted by Crippen LogP contribution is -2.15. The van der Waals surface area contributed by atoms with E-state index in [4.69, 9.17) is 15.0 Å². The van der Waals surface area contributed by atoms with Gasteiger partial charge in [-0.2, -0.15) is 4.89 Å². The largest absolute Gasteiger partial charge is 0.346 e. The topological polar surface area (TPSA) is 82.9 Å². The molecule has 0 aromatic heterocycles. The van der Waals surface area contributed by atoms with Crippen molar-refractivity contribution in [1.82, 2.24) is 6.15 Å². The molecular weight excluding hydrogens is 270 g/mol. The van der Waals surface area contributed by atoms with Gasteiger partial charge in [0.05, 0.1) is 12.2 Å². The van der Waals surface area contributed by atoms with Gasteiger partial charge in [-0.05, 0) is 33.3 Å². The van der Waals surface area contributed by atoms with Crippen LogP contribution < -0.4 is 6.15 Å². The van der Waals surface area contributed by atoms with Crippen LogP contribution in [0.15, 0.2) is 37.1 Å². The number of hydrogen-bond acceptors (Lipinski definition) is 5. The lowest BCUT2D eigenvalue weighted by molar-refractivity contribution is -0.306. The molecule has 0 aliphatic carbocycles. The summed E-state index contributed by atoms with van der Waals surface area (Å²) in [6.07, 6.45) is 10.7. The molecule has 0 rings (SSSR count). The highest BCUT2D eigenvalue weighted by atomic mass is 17.2. The van der Waals surface area contributed by atoms with E-state index >= 15 is 0 Å². The average molecular weight is 307 g/mol. The SMILES string of the molecule is C=C/C=C\C=C/OOCCCC.CC.CC(C)(C)OO.N.[HH]. The molecule has 0 amide bonds. The summed E-state index contributed by atoms with van der Waals surface area (Å²) in [7, 11) is 0. The van der Waals surface area contributed by atoms with Gasteiger partial charge in [0.2, 0.25) is 0 Å². The summed E-state index contributed by atoms with van der Waals surface area (Å²) in [5.41, 5.74) is -0.403. The van der Waals surface area contributed by atoms with Crippen LogP contribution in [0.2, 0.25) is 0 Å². The lowest BCUT2D eigenvalue weighted by Gasteiger charge is -2.10. The summed E-state index contributed by atoms with van der Waals surface area (Å²) in [5.74, 6) is 0. The van der Waals surface area contributed by atoms with Crippen molar-refractivity contribution >= 4 is 0 Å². The highest BCUT2D eigenvalue weighted by Gasteiger charge is 2.06. The van der Waals surface area contributed by atoms with Gasteiger partial charge >= 0.3 is 0 Å². The molecule has 0 bridgehead atoms. The molecule has 5 nitrogen and oxygen atoms in total. The molecule has 0 aromatic carbocycles. The summed E-state index contributed by atoms with van der Waals surface area (Å²) < 4.78 is 0. The van der Waals surface area contributed by atoms with E-state index in [1.807, 2.05) is 26.0 Å². The quantitative estimate of drug-likeness (QED) is 0.207. The summed E-state index contributed by atoms with van der Waals surface area (Å²) in [4.78, 5) is 13.5. The third-order valence-corrected chi connectivity index (χ3v) is 1.42. The van der Waals surface area contributed by atoms with Gasteiger partial charge in [-0.3, -0.25) is 5.26 Å². The van der Waals surface area contributed by atoms with Gasteiger partial charge in [-0.15, -0.1) is 0 Å². The Balaban J connectivity index is -0.0000000829. The minimum atomic E-state index is -0.403. The van der Waals surface area contributed by atoms with Crippen molar-refractivity contribution in [1.29, 1.82) is 0 Å². The lowest BCUT2D eigenvalue weighted by atomic mass is 10.2. The predicted octanol–water partition coefficient (Wildman–Crippen LogP) is 5.70. The molecule has 0 aromatic rings. The first kappa shape index (κ1) is 28.1. The Kier molecular flexibility index (Phi) is 32.0. The zero-order valence-corrected chi connectivity index (χ0v) is 14.6. The van der Waals surface area contributed by atoms with Gasteiger partial charge in [-0.1, -0.05) is 52.0 Å². The van der Waals surface area contributed by atoms with E-state index in [2.05, 4.69) is 18.4 Å². The van der Waals surface area contributed by atoms with Crippen molar-refractivity contribution in [2.75, 3.05) is 6.61 Å². The first-order chi connectivity index (χ1) is 9.47. The highest BCUT2D eigenvalue weighted by molar-refractivity contribution is 5.06. The van der Waals surface area contributed by atoms with E-state index in [1.165, 1.54) is 6.26 Å². The minimum Gasteiger partial charge on any atom is -0.346 e. The van der Waals surface area contributed by atoms with Crippen LogP contribution in [0.25, 0.3) is 0 Å². The standard InChI is InChI=1S/C10H16O2.C4H10O2.C2H6.H3N.H2/c1-3-5-7-8-10-12-11-9-6-4-2;1-4(2,3)6-5;1-2;;/h3,5,7-8,10H,1,4,6,9H2,2H3;5H,1-3H3;1-2H3;1H3;1H/b7-5-,10-8-;;;;. The van der Waals surface area contributed by atoms with E-state index in [0.29, 0.717) is 6.61 Å². The van der Waals surface area contributed by atoms with Crippen molar-refractivity contribution < 1.29 is 21.3 Å². The zero-order valence-electron chi connectivity index (χ0n) is 14.6. The van der Waals surface area contributed by atoms with E-state index in [1.54, 1.807) is 32.9 Å². The molecule has 0 saturated heterocycles. The van der Waals surface area contributed by atoms with Gasteiger partial charge in [0, 0.05) is 1.43 Å². The molecule has 0 aliphatic heterocycles. The van der Waals surface area contributed by atoms with Gasteiger partial charge in [0.25, 0.3) is 0 Å². The van der Waals surface area contributed by atoms with E-state index < -0.39 is 5.60 Å². The van der Waals surface area contributed by atoms with Gasteiger partial charge in [0.1, 0.15) is 6.26 Å². The zero-order chi connectivity index (χ0) is 16.3. The second kappa shape index (κ2) is 23.9. The normalized spacial score (nSPS) is 10.0. The van der Waals surface area contributed by atoms with Gasteiger partial charge in [0.15, 0.2) is 0 Å². The molecule has 130 valence electrons. The summed E-state index contributed by atoms with van der Waals surface area (Å²) in [6, 6.07) is 0. The molecule has 0 aliphatic rings. The Bertz CT molecular complexity index is 239. The molecule has 0 spiro atoms. The Morgan fingerprint density at radius 1 is 1.14 bits per heavy atom. The van der Waals surface area contributed by atoms with Crippen LogP contribution in [0.5, 0.6) is 0 Å². The van der Waals surface area contributed by atoms with Crippen LogP contribution in [-0.4, -0.2) is 17.5 Å². The highest BCUT2D eigenvalue weighted by Crippen LogP contribution is 2.01. The number of unbranched alkanes of at least 4 members (excludes halogenated alkanes) is 1. The maximum Gasteiger partial charge on any atom is 0.129 e. The summed E-state index contributed by atoms with van der Waals surface area (Å²) >= 11 is 0. The number of rotatable bonds is 7. The van der Waals surface area contributed by atoms with Gasteiger partial charge < -0.3 is 11.0 Å². The van der Waals surface area contributed by atoms with Crippen LogP contribution in [0, 0.1) is 0 Å². The van der Waals surface area contributed by atoms with Crippen LogP contribution in [-0.2, 0) is 14.7 Å². The van der Waals surface area contributed by atoms with Gasteiger partial charge in [-0.25, -0.2) is 4.89 Å². The minimum absolute atomic E-state index is 0. The molecular formula is C16H37NO4. The third kappa shape index (κ3) is 45.5. The predicted molar refractivity (Wildman–Crippen MR) is 92.4 cm³/mol. The Labute approximate surface area is 132 Å². The maximum atomic E-state index is 7.90. The third-order valence-electron chi connectivity index (χ3n) is 1.42. The maximum absolute atomic E-state index is 7.90. The second-order valence-electron chi connectivity index (χ2n) is 4.42. The molecule has 0 unspecified atom stereocenters. The molecule has 0 heterocycles. The fourth-order valence-electron chi connectivity index (χ4n) is 0.511. The van der Waals surface area contributed by atoms with Crippen molar-refractivity contribution in [3.63, 3.8) is 0 Å². The first-order valence-electron chi connectivity index (χ1n) is 7.03.